The second-order valence-electron chi connectivity index (χ2n) is 5.13. The standard InChI is InChI=1S/C13H15Cl2NO4S/c1-2-13(12(17)18)3-4-16(8-13)21(19,20)11-6-9(14)5-10(15)7-11/h5-7H,2-4,8H2,1H3,(H,17,18). The summed E-state index contributed by atoms with van der Waals surface area (Å²) in [6, 6.07) is 4.07. The van der Waals surface area contributed by atoms with Gasteiger partial charge < -0.3 is 5.11 Å². The number of rotatable bonds is 4. The van der Waals surface area contributed by atoms with Gasteiger partial charge in [-0.3, -0.25) is 4.79 Å². The van der Waals surface area contributed by atoms with Crippen molar-refractivity contribution in [1.82, 2.24) is 4.31 Å². The molecule has 5 nitrogen and oxygen atoms in total. The predicted octanol–water partition coefficient (Wildman–Crippen LogP) is 2.87. The van der Waals surface area contributed by atoms with Crippen LogP contribution in [0.5, 0.6) is 0 Å². The van der Waals surface area contributed by atoms with Crippen LogP contribution in [0.25, 0.3) is 0 Å². The summed E-state index contributed by atoms with van der Waals surface area (Å²) in [5.41, 5.74) is -1.02. The molecule has 0 aliphatic carbocycles. The molecule has 0 saturated carbocycles. The van der Waals surface area contributed by atoms with Crippen molar-refractivity contribution in [3.05, 3.63) is 28.2 Å². The Morgan fingerprint density at radius 1 is 1.33 bits per heavy atom. The number of benzene rings is 1. The van der Waals surface area contributed by atoms with Crippen molar-refractivity contribution in [3.63, 3.8) is 0 Å². The predicted molar refractivity (Wildman–Crippen MR) is 80.2 cm³/mol. The number of nitrogens with zero attached hydrogens (tertiary/aromatic N) is 1. The maximum Gasteiger partial charge on any atom is 0.311 e. The van der Waals surface area contributed by atoms with E-state index in [1.165, 1.54) is 22.5 Å². The molecule has 21 heavy (non-hydrogen) atoms. The number of carboxylic acid groups (broad SMARTS) is 1. The fraction of sp³-hybridized carbons (Fsp3) is 0.462. The Balaban J connectivity index is 2.36. The highest BCUT2D eigenvalue weighted by Crippen LogP contribution is 2.37. The molecule has 1 aliphatic rings. The molecule has 0 aromatic heterocycles. The van der Waals surface area contributed by atoms with Crippen LogP contribution in [0.1, 0.15) is 19.8 Å². The van der Waals surface area contributed by atoms with Crippen molar-refractivity contribution in [2.75, 3.05) is 13.1 Å². The molecule has 1 heterocycles. The maximum absolute atomic E-state index is 12.6. The van der Waals surface area contributed by atoms with Crippen molar-refractivity contribution in [2.24, 2.45) is 5.41 Å². The van der Waals surface area contributed by atoms with Crippen LogP contribution < -0.4 is 0 Å². The van der Waals surface area contributed by atoms with Gasteiger partial charge in [-0.1, -0.05) is 30.1 Å². The average molecular weight is 352 g/mol. The Labute approximate surface area is 133 Å². The molecule has 1 aromatic carbocycles. The number of halogens is 2. The van der Waals surface area contributed by atoms with Gasteiger partial charge in [0.05, 0.1) is 10.3 Å². The van der Waals surface area contributed by atoms with Gasteiger partial charge in [0.2, 0.25) is 10.0 Å². The first-order chi connectivity index (χ1) is 9.71. The lowest BCUT2D eigenvalue weighted by atomic mass is 9.85. The third-order valence-corrected chi connectivity index (χ3v) is 6.18. The Kier molecular flexibility index (Phi) is 4.54. The number of aliphatic carboxylic acids is 1. The van der Waals surface area contributed by atoms with Crippen LogP contribution >= 0.6 is 23.2 Å². The zero-order valence-electron chi connectivity index (χ0n) is 11.3. The first kappa shape index (κ1) is 16.5. The topological polar surface area (TPSA) is 74.7 Å². The van der Waals surface area contributed by atoms with E-state index < -0.39 is 21.4 Å². The number of hydrogen-bond acceptors (Lipinski definition) is 3. The number of sulfonamides is 1. The quantitative estimate of drug-likeness (QED) is 0.904. The van der Waals surface area contributed by atoms with E-state index in [1.807, 2.05) is 0 Å². The van der Waals surface area contributed by atoms with Crippen LogP contribution in [0, 0.1) is 5.41 Å². The van der Waals surface area contributed by atoms with Gasteiger partial charge in [0.15, 0.2) is 0 Å². The minimum Gasteiger partial charge on any atom is -0.481 e. The molecule has 1 aromatic rings. The molecule has 1 atom stereocenters. The Morgan fingerprint density at radius 2 is 1.90 bits per heavy atom. The van der Waals surface area contributed by atoms with Crippen LogP contribution in [-0.4, -0.2) is 36.9 Å². The van der Waals surface area contributed by atoms with Crippen molar-refractivity contribution < 1.29 is 18.3 Å². The first-order valence-electron chi connectivity index (χ1n) is 6.41. The molecule has 0 radical (unpaired) electrons. The summed E-state index contributed by atoms with van der Waals surface area (Å²) in [5, 5.41) is 9.79. The monoisotopic (exact) mass is 351 g/mol. The summed E-state index contributed by atoms with van der Waals surface area (Å²) < 4.78 is 26.3. The minimum atomic E-state index is -3.80. The highest BCUT2D eigenvalue weighted by molar-refractivity contribution is 7.89. The summed E-state index contributed by atoms with van der Waals surface area (Å²) in [6.07, 6.45) is 0.678. The minimum absolute atomic E-state index is 0.0164. The van der Waals surface area contributed by atoms with E-state index in [4.69, 9.17) is 23.2 Å². The zero-order valence-corrected chi connectivity index (χ0v) is 13.7. The van der Waals surface area contributed by atoms with E-state index in [1.54, 1.807) is 6.92 Å². The molecule has 1 N–H and O–H groups in total. The highest BCUT2D eigenvalue weighted by Gasteiger charge is 2.47. The van der Waals surface area contributed by atoms with Crippen molar-refractivity contribution >= 4 is 39.2 Å². The van der Waals surface area contributed by atoms with E-state index in [2.05, 4.69) is 0 Å². The van der Waals surface area contributed by atoms with Crippen LogP contribution in [-0.2, 0) is 14.8 Å². The van der Waals surface area contributed by atoms with Crippen molar-refractivity contribution in [1.29, 1.82) is 0 Å². The van der Waals surface area contributed by atoms with E-state index in [-0.39, 0.29) is 28.0 Å². The Bertz CT molecular complexity index is 656. The van der Waals surface area contributed by atoms with Crippen LogP contribution in [0.15, 0.2) is 23.1 Å². The number of hydrogen-bond donors (Lipinski definition) is 1. The van der Waals surface area contributed by atoms with Crippen LogP contribution in [0.2, 0.25) is 10.0 Å². The summed E-state index contributed by atoms with van der Waals surface area (Å²) in [7, 11) is -3.80. The Hall–Kier alpha value is -0.820. The second kappa shape index (κ2) is 5.76. The molecule has 0 amide bonds. The van der Waals surface area contributed by atoms with Gasteiger partial charge >= 0.3 is 5.97 Å². The molecule has 1 fully saturated rings. The summed E-state index contributed by atoms with van der Waals surface area (Å²) in [6.45, 7) is 1.89. The molecule has 116 valence electrons. The molecule has 0 spiro atoms. The Morgan fingerprint density at radius 3 is 2.33 bits per heavy atom. The lowest BCUT2D eigenvalue weighted by Crippen LogP contribution is -2.36. The summed E-state index contributed by atoms with van der Waals surface area (Å²) in [4.78, 5) is 11.4. The molecule has 2 rings (SSSR count). The number of carbonyl (C=O) groups is 1. The van der Waals surface area contributed by atoms with E-state index >= 15 is 0 Å². The second-order valence-corrected chi connectivity index (χ2v) is 7.94. The van der Waals surface area contributed by atoms with Gasteiger partial charge in [-0.25, -0.2) is 8.42 Å². The fourth-order valence-electron chi connectivity index (χ4n) is 2.48. The SMILES string of the molecule is CCC1(C(=O)O)CCN(S(=O)(=O)c2cc(Cl)cc(Cl)c2)C1. The molecular formula is C13H15Cl2NO4S. The summed E-state index contributed by atoms with van der Waals surface area (Å²) >= 11 is 11.7. The van der Waals surface area contributed by atoms with E-state index in [9.17, 15) is 18.3 Å². The lowest BCUT2D eigenvalue weighted by Gasteiger charge is -2.23. The molecular weight excluding hydrogens is 337 g/mol. The zero-order chi connectivity index (χ0) is 15.8. The van der Waals surface area contributed by atoms with E-state index in [0.717, 1.165) is 0 Å². The van der Waals surface area contributed by atoms with Gasteiger partial charge in [0, 0.05) is 23.1 Å². The largest absolute Gasteiger partial charge is 0.481 e. The molecule has 1 unspecified atom stereocenters. The van der Waals surface area contributed by atoms with Crippen LogP contribution in [0.3, 0.4) is 0 Å². The number of carboxylic acids is 1. The maximum atomic E-state index is 12.6. The summed E-state index contributed by atoms with van der Waals surface area (Å²) in [5.74, 6) is -0.966. The fourth-order valence-corrected chi connectivity index (χ4v) is 4.73. The van der Waals surface area contributed by atoms with Gasteiger partial charge in [0.1, 0.15) is 0 Å². The van der Waals surface area contributed by atoms with E-state index in [0.29, 0.717) is 12.8 Å². The molecule has 1 aliphatic heterocycles. The molecule has 0 bridgehead atoms. The van der Waals surface area contributed by atoms with Crippen LogP contribution in [0.4, 0.5) is 0 Å². The third kappa shape index (κ3) is 3.04. The van der Waals surface area contributed by atoms with Gasteiger partial charge in [-0.05, 0) is 31.0 Å². The lowest BCUT2D eigenvalue weighted by molar-refractivity contribution is -0.148. The molecule has 8 heteroatoms. The van der Waals surface area contributed by atoms with Crippen molar-refractivity contribution in [3.8, 4) is 0 Å². The average Bonchev–Trinajstić information content (AvgIpc) is 2.84. The first-order valence-corrected chi connectivity index (χ1v) is 8.60. The normalized spacial score (nSPS) is 23.4. The third-order valence-electron chi connectivity index (χ3n) is 3.92. The van der Waals surface area contributed by atoms with Gasteiger partial charge in [-0.15, -0.1) is 0 Å². The smallest absolute Gasteiger partial charge is 0.311 e. The van der Waals surface area contributed by atoms with Gasteiger partial charge in [-0.2, -0.15) is 4.31 Å². The highest BCUT2D eigenvalue weighted by atomic mass is 35.5. The van der Waals surface area contributed by atoms with Crippen molar-refractivity contribution in [2.45, 2.75) is 24.7 Å². The molecule has 1 saturated heterocycles. The van der Waals surface area contributed by atoms with Gasteiger partial charge in [0.25, 0.3) is 0 Å².